The van der Waals surface area contributed by atoms with Gasteiger partial charge in [0.2, 0.25) is 0 Å². The minimum atomic E-state index is 1.20. The largest absolute Gasteiger partial charge is 0.0991 e. The van der Waals surface area contributed by atoms with Crippen LogP contribution < -0.4 is 0 Å². The first-order chi connectivity index (χ1) is 5.41. The number of unbranched alkanes of at least 4 members (excludes halogenated alkanes) is 3. The predicted octanol–water partition coefficient (Wildman–Crippen LogP) is 3.87. The number of hydrogen-bond acceptors (Lipinski definition) is 0. The molecule has 0 aromatic rings. The first kappa shape index (κ1) is 10.2. The number of rotatable bonds is 6. The zero-order chi connectivity index (χ0) is 8.36. The highest BCUT2D eigenvalue weighted by Crippen LogP contribution is 1.99. The second-order valence-electron chi connectivity index (χ2n) is 2.54. The van der Waals surface area contributed by atoms with E-state index in [1.165, 1.54) is 25.7 Å². The van der Waals surface area contributed by atoms with Crippen LogP contribution in [0.15, 0.2) is 37.0 Å². The van der Waals surface area contributed by atoms with Crippen LogP contribution in [0.4, 0.5) is 0 Å². The van der Waals surface area contributed by atoms with E-state index in [0.29, 0.717) is 0 Å². The summed E-state index contributed by atoms with van der Waals surface area (Å²) in [4.78, 5) is 0. The first-order valence-corrected chi connectivity index (χ1v) is 4.36. The van der Waals surface area contributed by atoms with Gasteiger partial charge in [0, 0.05) is 0 Å². The highest BCUT2D eigenvalue weighted by molar-refractivity contribution is 5.08. The van der Waals surface area contributed by atoms with Crippen molar-refractivity contribution in [2.75, 3.05) is 0 Å². The molecule has 0 fully saturated rings. The average molecular weight is 150 g/mol. The van der Waals surface area contributed by atoms with Gasteiger partial charge < -0.3 is 0 Å². The van der Waals surface area contributed by atoms with Crippen molar-refractivity contribution in [3.05, 3.63) is 37.0 Å². The second-order valence-corrected chi connectivity index (χ2v) is 2.54. The molecule has 0 aromatic heterocycles. The number of allylic oxidation sites excluding steroid dienone is 5. The lowest BCUT2D eigenvalue weighted by atomic mass is 10.2. The van der Waals surface area contributed by atoms with Crippen molar-refractivity contribution in [2.24, 2.45) is 0 Å². The van der Waals surface area contributed by atoms with Crippen LogP contribution in [0.2, 0.25) is 0 Å². The predicted molar refractivity (Wildman–Crippen MR) is 52.6 cm³/mol. The zero-order valence-corrected chi connectivity index (χ0v) is 7.42. The minimum absolute atomic E-state index is 1.20. The van der Waals surface area contributed by atoms with Crippen LogP contribution in [0, 0.1) is 0 Å². The van der Waals surface area contributed by atoms with E-state index in [9.17, 15) is 0 Å². The first-order valence-electron chi connectivity index (χ1n) is 4.36. The lowest BCUT2D eigenvalue weighted by Crippen LogP contribution is -1.69. The van der Waals surface area contributed by atoms with Crippen molar-refractivity contribution in [1.82, 2.24) is 0 Å². The third-order valence-corrected chi connectivity index (χ3v) is 1.47. The molecule has 0 spiro atoms. The molecule has 0 bridgehead atoms. The van der Waals surface area contributed by atoms with Gasteiger partial charge in [-0.3, -0.25) is 0 Å². The molecule has 11 heavy (non-hydrogen) atoms. The summed E-state index contributed by atoms with van der Waals surface area (Å²) in [6.45, 7) is 5.81. The average Bonchev–Trinajstić information content (AvgIpc) is 2.03. The van der Waals surface area contributed by atoms with Crippen molar-refractivity contribution < 1.29 is 0 Å². The molecule has 0 nitrogen and oxygen atoms in total. The number of hydrogen-bond donors (Lipinski definition) is 0. The summed E-state index contributed by atoms with van der Waals surface area (Å²) in [7, 11) is 0. The van der Waals surface area contributed by atoms with E-state index >= 15 is 0 Å². The van der Waals surface area contributed by atoms with Crippen molar-refractivity contribution in [1.29, 1.82) is 0 Å². The molecule has 0 radical (unpaired) electrons. The quantitative estimate of drug-likeness (QED) is 0.398. The van der Waals surface area contributed by atoms with Crippen LogP contribution in [-0.2, 0) is 0 Å². The van der Waals surface area contributed by atoms with E-state index in [1.807, 2.05) is 12.2 Å². The van der Waals surface area contributed by atoms with Crippen molar-refractivity contribution in [2.45, 2.75) is 32.6 Å². The summed E-state index contributed by atoms with van der Waals surface area (Å²) in [5.41, 5.74) is 0. The lowest BCUT2D eigenvalue weighted by molar-refractivity contribution is 0.729. The Morgan fingerprint density at radius 2 is 1.91 bits per heavy atom. The van der Waals surface area contributed by atoms with Gasteiger partial charge in [-0.25, -0.2) is 0 Å². The molecule has 0 aliphatic rings. The summed E-state index contributed by atoms with van der Waals surface area (Å²) in [5.74, 6) is 0. The van der Waals surface area contributed by atoms with Crippen molar-refractivity contribution >= 4 is 0 Å². The molecule has 0 saturated carbocycles. The lowest BCUT2D eigenvalue weighted by Gasteiger charge is -1.89. The summed E-state index contributed by atoms with van der Waals surface area (Å²) < 4.78 is 0. The molecule has 0 heteroatoms. The van der Waals surface area contributed by atoms with Gasteiger partial charge in [0.15, 0.2) is 0 Å². The van der Waals surface area contributed by atoms with Crippen LogP contribution in [0.5, 0.6) is 0 Å². The molecule has 0 aliphatic heterocycles. The zero-order valence-electron chi connectivity index (χ0n) is 7.42. The molecule has 0 aromatic carbocycles. The van der Waals surface area contributed by atoms with Crippen molar-refractivity contribution in [3.63, 3.8) is 0 Å². The molecule has 0 amide bonds. The van der Waals surface area contributed by atoms with E-state index < -0.39 is 0 Å². The Morgan fingerprint density at radius 1 is 1.09 bits per heavy atom. The molecule has 62 valence electrons. The standard InChI is InChI=1S/C11H18/c1-3-5-7-9-11-10-8-6-4-2/h3,5,7,9,11H,1,4,6,8,10H2,2H3/b7-5-,11-9?. The smallest absolute Gasteiger partial charge is 0.0348 e. The monoisotopic (exact) mass is 150 g/mol. The molecule has 0 atom stereocenters. The third kappa shape index (κ3) is 9.22. The Morgan fingerprint density at radius 3 is 2.55 bits per heavy atom. The van der Waals surface area contributed by atoms with Crippen LogP contribution in [0.25, 0.3) is 0 Å². The third-order valence-electron chi connectivity index (χ3n) is 1.47. The highest BCUT2D eigenvalue weighted by Gasteiger charge is 1.79. The Labute approximate surface area is 70.3 Å². The molecule has 0 N–H and O–H groups in total. The van der Waals surface area contributed by atoms with Gasteiger partial charge in [-0.1, -0.05) is 56.7 Å². The van der Waals surface area contributed by atoms with E-state index in [1.54, 1.807) is 6.08 Å². The molecule has 0 heterocycles. The molecule has 0 saturated heterocycles. The van der Waals surface area contributed by atoms with E-state index in [4.69, 9.17) is 0 Å². The maximum Gasteiger partial charge on any atom is -0.0348 e. The molecule has 0 unspecified atom stereocenters. The Balaban J connectivity index is 3.15. The van der Waals surface area contributed by atoms with E-state index in [2.05, 4.69) is 25.7 Å². The van der Waals surface area contributed by atoms with E-state index in [0.717, 1.165) is 0 Å². The summed E-state index contributed by atoms with van der Waals surface area (Å²) in [6, 6.07) is 0. The van der Waals surface area contributed by atoms with Crippen LogP contribution in [0.1, 0.15) is 32.6 Å². The topological polar surface area (TPSA) is 0 Å². The van der Waals surface area contributed by atoms with Gasteiger partial charge >= 0.3 is 0 Å². The second kappa shape index (κ2) is 9.22. The molecule has 0 aliphatic carbocycles. The normalized spacial score (nSPS) is 11.4. The van der Waals surface area contributed by atoms with Gasteiger partial charge in [0.25, 0.3) is 0 Å². The highest BCUT2D eigenvalue weighted by atomic mass is 13.9. The maximum atomic E-state index is 3.59. The van der Waals surface area contributed by atoms with Crippen LogP contribution in [-0.4, -0.2) is 0 Å². The molecular weight excluding hydrogens is 132 g/mol. The van der Waals surface area contributed by atoms with Gasteiger partial charge in [0.05, 0.1) is 0 Å². The fraction of sp³-hybridized carbons (Fsp3) is 0.455. The van der Waals surface area contributed by atoms with Gasteiger partial charge in [-0.2, -0.15) is 0 Å². The van der Waals surface area contributed by atoms with Crippen molar-refractivity contribution in [3.8, 4) is 0 Å². The molecule has 0 rings (SSSR count). The van der Waals surface area contributed by atoms with Gasteiger partial charge in [0.1, 0.15) is 0 Å². The SMILES string of the molecule is C=C/C=C\C=CCCCCC. The Bertz CT molecular complexity index is 129. The Hall–Kier alpha value is -0.780. The van der Waals surface area contributed by atoms with Crippen LogP contribution >= 0.6 is 0 Å². The van der Waals surface area contributed by atoms with Gasteiger partial charge in [-0.15, -0.1) is 0 Å². The minimum Gasteiger partial charge on any atom is -0.0991 e. The van der Waals surface area contributed by atoms with Gasteiger partial charge in [-0.05, 0) is 12.8 Å². The fourth-order valence-corrected chi connectivity index (χ4v) is 0.830. The fourth-order valence-electron chi connectivity index (χ4n) is 0.830. The summed E-state index contributed by atoms with van der Waals surface area (Å²) >= 11 is 0. The summed E-state index contributed by atoms with van der Waals surface area (Å²) in [5, 5.41) is 0. The Kier molecular flexibility index (Phi) is 8.57. The summed E-state index contributed by atoms with van der Waals surface area (Å²) in [6.07, 6.45) is 15.2. The van der Waals surface area contributed by atoms with Crippen LogP contribution in [0.3, 0.4) is 0 Å². The van der Waals surface area contributed by atoms with E-state index in [-0.39, 0.29) is 0 Å². The molecular formula is C11H18. The maximum absolute atomic E-state index is 3.59.